The quantitative estimate of drug-likeness (QED) is 0.445. The summed E-state index contributed by atoms with van der Waals surface area (Å²) in [5.41, 5.74) is 4.70. The van der Waals surface area contributed by atoms with Crippen molar-refractivity contribution in [2.24, 2.45) is 0 Å². The maximum Gasteiger partial charge on any atom is 0.159 e. The van der Waals surface area contributed by atoms with Crippen molar-refractivity contribution < 1.29 is 4.74 Å². The summed E-state index contributed by atoms with van der Waals surface area (Å²) in [4.78, 5) is 11.8. The lowest BCUT2D eigenvalue weighted by molar-refractivity contribution is 0.414. The third-order valence-corrected chi connectivity index (χ3v) is 6.04. The molecule has 0 bridgehead atoms. The van der Waals surface area contributed by atoms with Gasteiger partial charge in [-0.15, -0.1) is 0 Å². The Morgan fingerprint density at radius 3 is 2.50 bits per heavy atom. The molecule has 5 rings (SSSR count). The number of anilines is 1. The first-order valence-corrected chi connectivity index (χ1v) is 10.5. The second-order valence-corrected chi connectivity index (χ2v) is 7.84. The first-order valence-electron chi connectivity index (χ1n) is 10.5. The summed E-state index contributed by atoms with van der Waals surface area (Å²) in [5.74, 6) is 2.31. The average Bonchev–Trinajstić information content (AvgIpc) is 2.84. The molecule has 0 N–H and O–H groups in total. The topological polar surface area (TPSA) is 38.2 Å². The maximum atomic E-state index is 5.28. The first-order chi connectivity index (χ1) is 14.8. The van der Waals surface area contributed by atoms with Gasteiger partial charge in [0.15, 0.2) is 5.82 Å². The number of benzene rings is 3. The Balaban J connectivity index is 1.32. The number of piperidine rings is 1. The Labute approximate surface area is 177 Å². The molecule has 4 nitrogen and oxygen atoms in total. The molecule has 4 heteroatoms. The van der Waals surface area contributed by atoms with Gasteiger partial charge in [-0.2, -0.15) is 0 Å². The van der Waals surface area contributed by atoms with Crippen LogP contribution in [0.3, 0.4) is 0 Å². The van der Waals surface area contributed by atoms with E-state index in [2.05, 4.69) is 58.4 Å². The van der Waals surface area contributed by atoms with E-state index < -0.39 is 0 Å². The normalized spacial score (nSPS) is 14.8. The van der Waals surface area contributed by atoms with E-state index in [4.69, 9.17) is 9.72 Å². The van der Waals surface area contributed by atoms with Crippen LogP contribution in [0.5, 0.6) is 5.75 Å². The van der Waals surface area contributed by atoms with Crippen molar-refractivity contribution in [2.75, 3.05) is 25.1 Å². The molecule has 0 aliphatic carbocycles. The Bertz CT molecular complexity index is 1150. The van der Waals surface area contributed by atoms with Gasteiger partial charge in [0.1, 0.15) is 5.75 Å². The molecule has 1 aliphatic rings. The highest BCUT2D eigenvalue weighted by Gasteiger charge is 2.21. The largest absolute Gasteiger partial charge is 0.497 e. The number of nitrogens with zero attached hydrogens (tertiary/aromatic N) is 3. The molecule has 1 aromatic heterocycles. The molecule has 1 aliphatic heterocycles. The van der Waals surface area contributed by atoms with Crippen LogP contribution in [-0.4, -0.2) is 30.2 Å². The molecule has 2 heterocycles. The number of fused-ring (bicyclic) bond motifs is 1. The van der Waals surface area contributed by atoms with Crippen molar-refractivity contribution in [3.05, 3.63) is 84.6 Å². The van der Waals surface area contributed by atoms with Gasteiger partial charge in [0, 0.05) is 35.9 Å². The van der Waals surface area contributed by atoms with Crippen LogP contribution in [0, 0.1) is 0 Å². The smallest absolute Gasteiger partial charge is 0.159 e. The third kappa shape index (κ3) is 3.73. The van der Waals surface area contributed by atoms with Gasteiger partial charge >= 0.3 is 0 Å². The van der Waals surface area contributed by atoms with E-state index in [1.807, 2.05) is 30.5 Å². The maximum absolute atomic E-state index is 5.28. The summed E-state index contributed by atoms with van der Waals surface area (Å²) >= 11 is 0. The van der Waals surface area contributed by atoms with E-state index in [1.165, 1.54) is 11.3 Å². The molecule has 0 atom stereocenters. The Morgan fingerprint density at radius 1 is 0.900 bits per heavy atom. The van der Waals surface area contributed by atoms with Gasteiger partial charge in [-0.25, -0.2) is 9.97 Å². The summed E-state index contributed by atoms with van der Waals surface area (Å²) in [6, 6.07) is 25.3. The number of aromatic nitrogens is 2. The van der Waals surface area contributed by atoms with Crippen LogP contribution >= 0.6 is 0 Å². The van der Waals surface area contributed by atoms with E-state index in [9.17, 15) is 0 Å². The van der Waals surface area contributed by atoms with E-state index in [-0.39, 0.29) is 0 Å². The van der Waals surface area contributed by atoms with Gasteiger partial charge in [-0.05, 0) is 54.7 Å². The Hall–Kier alpha value is -3.40. The number of hydrogen-bond acceptors (Lipinski definition) is 4. The molecule has 0 radical (unpaired) electrons. The molecule has 3 aromatic carbocycles. The zero-order valence-corrected chi connectivity index (χ0v) is 17.2. The molecule has 150 valence electrons. The summed E-state index contributed by atoms with van der Waals surface area (Å²) in [6.07, 6.45) is 4.22. The Kier molecular flexibility index (Phi) is 5.06. The number of rotatable bonds is 4. The zero-order valence-electron chi connectivity index (χ0n) is 17.2. The monoisotopic (exact) mass is 395 g/mol. The van der Waals surface area contributed by atoms with E-state index in [0.29, 0.717) is 5.92 Å². The summed E-state index contributed by atoms with van der Waals surface area (Å²) in [5, 5.41) is 1.07. The minimum atomic E-state index is 0.610. The minimum absolute atomic E-state index is 0.610. The SMILES string of the molecule is COc1ccc(C2CCN(c3cccc(-c4ncc5ccccc5n4)c3)CC2)cc1. The van der Waals surface area contributed by atoms with Crippen molar-refractivity contribution in [3.8, 4) is 17.1 Å². The fourth-order valence-electron chi connectivity index (χ4n) is 4.30. The molecule has 1 fully saturated rings. The fraction of sp³-hybridized carbons (Fsp3) is 0.231. The number of methoxy groups -OCH3 is 1. The van der Waals surface area contributed by atoms with Crippen LogP contribution in [0.15, 0.2) is 79.0 Å². The van der Waals surface area contributed by atoms with Crippen LogP contribution < -0.4 is 9.64 Å². The molecule has 0 spiro atoms. The number of hydrogen-bond donors (Lipinski definition) is 0. The van der Waals surface area contributed by atoms with E-state index in [0.717, 1.165) is 54.0 Å². The van der Waals surface area contributed by atoms with Gasteiger partial charge < -0.3 is 9.64 Å². The van der Waals surface area contributed by atoms with Crippen LogP contribution in [0.25, 0.3) is 22.3 Å². The molecule has 30 heavy (non-hydrogen) atoms. The van der Waals surface area contributed by atoms with Crippen LogP contribution in [-0.2, 0) is 0 Å². The van der Waals surface area contributed by atoms with Crippen LogP contribution in [0.2, 0.25) is 0 Å². The molecule has 0 amide bonds. The van der Waals surface area contributed by atoms with Gasteiger partial charge in [-0.1, -0.05) is 42.5 Å². The molecular formula is C26H25N3O. The van der Waals surface area contributed by atoms with E-state index >= 15 is 0 Å². The second kappa shape index (κ2) is 8.15. The highest BCUT2D eigenvalue weighted by Crippen LogP contribution is 2.32. The van der Waals surface area contributed by atoms with Crippen molar-refractivity contribution in [1.29, 1.82) is 0 Å². The van der Waals surface area contributed by atoms with Gasteiger partial charge in [0.25, 0.3) is 0 Å². The fourth-order valence-corrected chi connectivity index (χ4v) is 4.30. The van der Waals surface area contributed by atoms with Crippen molar-refractivity contribution in [3.63, 3.8) is 0 Å². The van der Waals surface area contributed by atoms with Crippen LogP contribution in [0.4, 0.5) is 5.69 Å². The lowest BCUT2D eigenvalue weighted by Gasteiger charge is -2.34. The van der Waals surface area contributed by atoms with Gasteiger partial charge in [0.05, 0.1) is 12.6 Å². The first kappa shape index (κ1) is 18.6. The zero-order chi connectivity index (χ0) is 20.3. The van der Waals surface area contributed by atoms with E-state index in [1.54, 1.807) is 7.11 Å². The van der Waals surface area contributed by atoms with Gasteiger partial charge in [0.2, 0.25) is 0 Å². The summed E-state index contributed by atoms with van der Waals surface area (Å²) in [7, 11) is 1.71. The second-order valence-electron chi connectivity index (χ2n) is 7.84. The van der Waals surface area contributed by atoms with Crippen molar-refractivity contribution >= 4 is 16.6 Å². The predicted octanol–water partition coefficient (Wildman–Crippen LogP) is 5.69. The van der Waals surface area contributed by atoms with Crippen LogP contribution in [0.1, 0.15) is 24.3 Å². The summed E-state index contributed by atoms with van der Waals surface area (Å²) < 4.78 is 5.28. The third-order valence-electron chi connectivity index (χ3n) is 6.04. The average molecular weight is 396 g/mol. The standard InChI is InChI=1S/C26H25N3O/c1-30-24-11-9-19(10-12-24)20-13-15-29(16-14-20)23-7-4-6-21(17-23)26-27-18-22-5-2-3-8-25(22)28-26/h2-12,17-18,20H,13-16H2,1H3. The molecule has 0 saturated carbocycles. The molecule has 4 aromatic rings. The molecular weight excluding hydrogens is 370 g/mol. The summed E-state index contributed by atoms with van der Waals surface area (Å²) in [6.45, 7) is 2.11. The van der Waals surface area contributed by atoms with Crippen molar-refractivity contribution in [1.82, 2.24) is 9.97 Å². The lowest BCUT2D eigenvalue weighted by atomic mass is 9.89. The lowest BCUT2D eigenvalue weighted by Crippen LogP contribution is -2.32. The predicted molar refractivity (Wildman–Crippen MR) is 122 cm³/mol. The van der Waals surface area contributed by atoms with Crippen molar-refractivity contribution in [2.45, 2.75) is 18.8 Å². The highest BCUT2D eigenvalue weighted by molar-refractivity contribution is 5.79. The Morgan fingerprint density at radius 2 is 1.70 bits per heavy atom. The minimum Gasteiger partial charge on any atom is -0.497 e. The highest BCUT2D eigenvalue weighted by atomic mass is 16.5. The number of ether oxygens (including phenoxy) is 1. The molecule has 1 saturated heterocycles. The number of para-hydroxylation sites is 1. The molecule has 0 unspecified atom stereocenters. The van der Waals surface area contributed by atoms with Gasteiger partial charge in [-0.3, -0.25) is 0 Å².